The number of nitrogens with zero attached hydrogens (tertiary/aromatic N) is 1. The van der Waals surface area contributed by atoms with E-state index in [2.05, 4.69) is 10.1 Å². The van der Waals surface area contributed by atoms with E-state index in [0.29, 0.717) is 0 Å². The van der Waals surface area contributed by atoms with Gasteiger partial charge in [0.1, 0.15) is 13.2 Å². The van der Waals surface area contributed by atoms with Gasteiger partial charge in [0.2, 0.25) is 5.91 Å². The van der Waals surface area contributed by atoms with E-state index in [1.165, 1.54) is 4.90 Å². The first-order chi connectivity index (χ1) is 8.40. The Kier molecular flexibility index (Phi) is 8.36. The molecule has 1 unspecified atom stereocenters. The average molecular weight is 305 g/mol. The summed E-state index contributed by atoms with van der Waals surface area (Å²) < 4.78 is 39.9. The summed E-state index contributed by atoms with van der Waals surface area (Å²) in [5.74, 6) is -0.397. The number of carbonyl (C=O) groups excluding carboxylic acids is 1. The van der Waals surface area contributed by atoms with Gasteiger partial charge < -0.3 is 15.0 Å². The van der Waals surface area contributed by atoms with Gasteiger partial charge >= 0.3 is 6.18 Å². The van der Waals surface area contributed by atoms with Crippen LogP contribution in [0.4, 0.5) is 13.2 Å². The van der Waals surface area contributed by atoms with E-state index in [4.69, 9.17) is 0 Å². The molecule has 0 aromatic carbocycles. The molecule has 0 aromatic heterocycles. The van der Waals surface area contributed by atoms with Crippen LogP contribution < -0.4 is 5.32 Å². The second-order valence-electron chi connectivity index (χ2n) is 4.45. The van der Waals surface area contributed by atoms with E-state index in [1.54, 1.807) is 7.05 Å². The molecular weight excluding hydrogens is 285 g/mol. The zero-order chi connectivity index (χ0) is 13.6. The molecule has 0 aromatic rings. The number of nitrogens with one attached hydrogen (secondary N) is 1. The molecule has 0 aliphatic carbocycles. The van der Waals surface area contributed by atoms with E-state index in [1.807, 2.05) is 0 Å². The van der Waals surface area contributed by atoms with Gasteiger partial charge in [-0.05, 0) is 32.4 Å². The summed E-state index contributed by atoms with van der Waals surface area (Å²) in [5.41, 5.74) is 0. The molecule has 1 N–H and O–H groups in total. The zero-order valence-corrected chi connectivity index (χ0v) is 11.6. The van der Waals surface area contributed by atoms with Crippen LogP contribution in [0.15, 0.2) is 0 Å². The van der Waals surface area contributed by atoms with Crippen LogP contribution in [0.5, 0.6) is 0 Å². The van der Waals surface area contributed by atoms with Gasteiger partial charge in [-0.3, -0.25) is 4.79 Å². The van der Waals surface area contributed by atoms with E-state index in [0.717, 1.165) is 32.4 Å². The van der Waals surface area contributed by atoms with Crippen LogP contribution in [0.3, 0.4) is 0 Å². The molecule has 0 saturated carbocycles. The van der Waals surface area contributed by atoms with Crippen molar-refractivity contribution in [2.45, 2.75) is 31.5 Å². The van der Waals surface area contributed by atoms with Crippen LogP contribution in [0.25, 0.3) is 0 Å². The summed E-state index contributed by atoms with van der Waals surface area (Å²) >= 11 is 0. The fraction of sp³-hybridized carbons (Fsp3) is 0.909. The normalized spacial score (nSPS) is 20.3. The minimum atomic E-state index is -4.38. The van der Waals surface area contributed by atoms with Crippen molar-refractivity contribution in [2.75, 3.05) is 33.4 Å². The predicted octanol–water partition coefficient (Wildman–Crippen LogP) is 1.59. The lowest BCUT2D eigenvalue weighted by Crippen LogP contribution is -2.40. The topological polar surface area (TPSA) is 41.6 Å². The van der Waals surface area contributed by atoms with Crippen molar-refractivity contribution >= 4 is 18.3 Å². The molecule has 1 heterocycles. The third kappa shape index (κ3) is 7.59. The minimum Gasteiger partial charge on any atom is -0.362 e. The van der Waals surface area contributed by atoms with Gasteiger partial charge in [-0.1, -0.05) is 0 Å². The molecule has 1 atom stereocenters. The molecular formula is C11H20ClF3N2O2. The highest BCUT2D eigenvalue weighted by molar-refractivity contribution is 5.85. The van der Waals surface area contributed by atoms with Gasteiger partial charge in [0, 0.05) is 13.1 Å². The Bertz CT molecular complexity index is 269. The molecule has 1 aliphatic heterocycles. The smallest absolute Gasteiger partial charge is 0.362 e. The summed E-state index contributed by atoms with van der Waals surface area (Å²) in [4.78, 5) is 13.2. The van der Waals surface area contributed by atoms with Crippen molar-refractivity contribution < 1.29 is 22.7 Å². The lowest BCUT2D eigenvalue weighted by atomic mass is 10.1. The Morgan fingerprint density at radius 3 is 2.68 bits per heavy atom. The first kappa shape index (κ1) is 18.5. The van der Waals surface area contributed by atoms with Crippen LogP contribution in [0.2, 0.25) is 0 Å². The Labute approximate surface area is 117 Å². The Balaban J connectivity index is 0.00000324. The van der Waals surface area contributed by atoms with Crippen LogP contribution in [0.1, 0.15) is 19.3 Å². The SMILES string of the molecule is CN(C(=O)COCC(F)(F)F)C1CCCNCC1.Cl. The van der Waals surface area contributed by atoms with Crippen molar-refractivity contribution in [3.05, 3.63) is 0 Å². The second-order valence-corrected chi connectivity index (χ2v) is 4.45. The average Bonchev–Trinajstić information content (AvgIpc) is 2.54. The lowest BCUT2D eigenvalue weighted by molar-refractivity contribution is -0.178. The molecule has 1 fully saturated rings. The zero-order valence-electron chi connectivity index (χ0n) is 10.8. The predicted molar refractivity (Wildman–Crippen MR) is 67.4 cm³/mol. The Morgan fingerprint density at radius 2 is 2.05 bits per heavy atom. The summed E-state index contributed by atoms with van der Waals surface area (Å²) in [5, 5.41) is 3.22. The van der Waals surface area contributed by atoms with Gasteiger partial charge in [0.15, 0.2) is 0 Å². The monoisotopic (exact) mass is 304 g/mol. The van der Waals surface area contributed by atoms with Crippen molar-refractivity contribution in [2.24, 2.45) is 0 Å². The molecule has 0 radical (unpaired) electrons. The highest BCUT2D eigenvalue weighted by atomic mass is 35.5. The molecule has 1 aliphatic rings. The highest BCUT2D eigenvalue weighted by Gasteiger charge is 2.28. The van der Waals surface area contributed by atoms with E-state index in [-0.39, 0.29) is 18.4 Å². The number of ether oxygens (including phenoxy) is 1. The molecule has 8 heteroatoms. The quantitative estimate of drug-likeness (QED) is 0.857. The van der Waals surface area contributed by atoms with Crippen LogP contribution in [-0.2, 0) is 9.53 Å². The van der Waals surface area contributed by atoms with Crippen molar-refractivity contribution in [3.63, 3.8) is 0 Å². The number of hydrogen-bond acceptors (Lipinski definition) is 3. The molecule has 0 bridgehead atoms. The molecule has 1 amide bonds. The number of likely N-dealkylation sites (N-methyl/N-ethyl adjacent to an activating group) is 1. The number of halogens is 4. The first-order valence-electron chi connectivity index (χ1n) is 6.01. The van der Waals surface area contributed by atoms with Crippen LogP contribution >= 0.6 is 12.4 Å². The third-order valence-corrected chi connectivity index (χ3v) is 2.98. The maximum absolute atomic E-state index is 11.9. The lowest BCUT2D eigenvalue weighted by Gasteiger charge is -2.27. The van der Waals surface area contributed by atoms with Gasteiger partial charge in [-0.15, -0.1) is 12.4 Å². The van der Waals surface area contributed by atoms with Crippen LogP contribution in [0, 0.1) is 0 Å². The molecule has 0 spiro atoms. The fourth-order valence-corrected chi connectivity index (χ4v) is 1.95. The number of carbonyl (C=O) groups is 1. The van der Waals surface area contributed by atoms with Gasteiger partial charge in [0.05, 0.1) is 0 Å². The van der Waals surface area contributed by atoms with Crippen LogP contribution in [-0.4, -0.2) is 56.4 Å². The summed E-state index contributed by atoms with van der Waals surface area (Å²) in [6.45, 7) is -0.145. The number of amides is 1. The van der Waals surface area contributed by atoms with Crippen molar-refractivity contribution in [1.29, 1.82) is 0 Å². The maximum atomic E-state index is 11.9. The summed E-state index contributed by atoms with van der Waals surface area (Å²) in [6, 6.07) is 0.0852. The molecule has 4 nitrogen and oxygen atoms in total. The molecule has 1 rings (SSSR count). The van der Waals surface area contributed by atoms with Crippen molar-refractivity contribution in [3.8, 4) is 0 Å². The first-order valence-corrected chi connectivity index (χ1v) is 6.01. The van der Waals surface area contributed by atoms with Gasteiger partial charge in [-0.2, -0.15) is 13.2 Å². The summed E-state index contributed by atoms with van der Waals surface area (Å²) in [7, 11) is 1.62. The largest absolute Gasteiger partial charge is 0.411 e. The Hall–Kier alpha value is -0.530. The number of hydrogen-bond donors (Lipinski definition) is 1. The fourth-order valence-electron chi connectivity index (χ4n) is 1.95. The second kappa shape index (κ2) is 8.60. The molecule has 19 heavy (non-hydrogen) atoms. The Morgan fingerprint density at radius 1 is 1.37 bits per heavy atom. The number of rotatable bonds is 4. The summed E-state index contributed by atoms with van der Waals surface area (Å²) in [6.07, 6.45) is -1.73. The van der Waals surface area contributed by atoms with E-state index < -0.39 is 25.3 Å². The highest BCUT2D eigenvalue weighted by Crippen LogP contribution is 2.15. The van der Waals surface area contributed by atoms with Gasteiger partial charge in [-0.25, -0.2) is 0 Å². The van der Waals surface area contributed by atoms with E-state index >= 15 is 0 Å². The maximum Gasteiger partial charge on any atom is 0.411 e. The standard InChI is InChI=1S/C11H19F3N2O2.ClH/c1-16(9-3-2-5-15-6-4-9)10(17)7-18-8-11(12,13)14;/h9,15H,2-8H2,1H3;1H. The minimum absolute atomic E-state index is 0. The molecule has 114 valence electrons. The van der Waals surface area contributed by atoms with Gasteiger partial charge in [0.25, 0.3) is 0 Å². The molecule has 1 saturated heterocycles. The van der Waals surface area contributed by atoms with Crippen molar-refractivity contribution in [1.82, 2.24) is 10.2 Å². The number of alkyl halides is 3. The third-order valence-electron chi connectivity index (χ3n) is 2.98. The van der Waals surface area contributed by atoms with E-state index in [9.17, 15) is 18.0 Å².